The minimum atomic E-state index is -0.831. The summed E-state index contributed by atoms with van der Waals surface area (Å²) in [6.45, 7) is 0.637. The van der Waals surface area contributed by atoms with Gasteiger partial charge in [0.1, 0.15) is 6.04 Å². The Kier molecular flexibility index (Phi) is 3.50. The monoisotopic (exact) mass is 265 g/mol. The van der Waals surface area contributed by atoms with Gasteiger partial charge in [-0.15, -0.1) is 0 Å². The molecule has 0 aromatic rings. The molecule has 3 rings (SSSR count). The molecule has 0 spiro atoms. The molecule has 19 heavy (non-hydrogen) atoms. The molecule has 0 aromatic carbocycles. The zero-order valence-corrected chi connectivity index (χ0v) is 11.4. The highest BCUT2D eigenvalue weighted by atomic mass is 16.4. The van der Waals surface area contributed by atoms with E-state index in [9.17, 15) is 14.7 Å². The van der Waals surface area contributed by atoms with Crippen molar-refractivity contribution in [1.82, 2.24) is 4.90 Å². The van der Waals surface area contributed by atoms with Gasteiger partial charge in [-0.1, -0.05) is 0 Å². The Hall–Kier alpha value is -1.06. The standard InChI is InChI=1S/C15H23NO3/c17-14(9-12(10-4-5-10)11-6-7-11)16-8-2-1-3-13(16)15(18)19/h10-13H,1-9H2,(H,18,19)/t13-/m0/s1. The van der Waals surface area contributed by atoms with E-state index in [0.29, 0.717) is 25.3 Å². The predicted molar refractivity (Wildman–Crippen MR) is 70.5 cm³/mol. The van der Waals surface area contributed by atoms with Crippen LogP contribution in [0.4, 0.5) is 0 Å². The Balaban J connectivity index is 1.62. The molecule has 3 fully saturated rings. The van der Waals surface area contributed by atoms with E-state index in [2.05, 4.69) is 0 Å². The van der Waals surface area contributed by atoms with Gasteiger partial charge in [-0.05, 0) is 62.7 Å². The van der Waals surface area contributed by atoms with Crippen molar-refractivity contribution < 1.29 is 14.7 Å². The molecule has 1 atom stereocenters. The third-order valence-corrected chi connectivity index (χ3v) is 4.97. The van der Waals surface area contributed by atoms with Crippen molar-refractivity contribution in [2.24, 2.45) is 17.8 Å². The zero-order valence-electron chi connectivity index (χ0n) is 11.4. The lowest BCUT2D eigenvalue weighted by Crippen LogP contribution is -2.48. The number of carboxylic acid groups (broad SMARTS) is 1. The fourth-order valence-corrected chi connectivity index (χ4v) is 3.57. The average molecular weight is 265 g/mol. The number of nitrogens with zero attached hydrogens (tertiary/aromatic N) is 1. The molecule has 4 nitrogen and oxygen atoms in total. The highest BCUT2D eigenvalue weighted by molar-refractivity contribution is 5.84. The molecular formula is C15H23NO3. The molecule has 2 saturated carbocycles. The number of aliphatic carboxylic acids is 1. The summed E-state index contributed by atoms with van der Waals surface area (Å²) in [5.74, 6) is 1.32. The largest absolute Gasteiger partial charge is 0.480 e. The SMILES string of the molecule is O=C(O)[C@@H]1CCCCN1C(=O)CC(C1CC1)C1CC1. The van der Waals surface area contributed by atoms with Crippen molar-refractivity contribution >= 4 is 11.9 Å². The maximum Gasteiger partial charge on any atom is 0.326 e. The molecule has 0 aromatic heterocycles. The lowest BCUT2D eigenvalue weighted by atomic mass is 9.92. The Labute approximate surface area is 114 Å². The molecular weight excluding hydrogens is 242 g/mol. The van der Waals surface area contributed by atoms with Crippen molar-refractivity contribution in [3.05, 3.63) is 0 Å². The second-order valence-electron chi connectivity index (χ2n) is 6.48. The second-order valence-corrected chi connectivity index (χ2v) is 6.48. The van der Waals surface area contributed by atoms with E-state index in [4.69, 9.17) is 0 Å². The molecule has 106 valence electrons. The summed E-state index contributed by atoms with van der Waals surface area (Å²) in [5.41, 5.74) is 0. The van der Waals surface area contributed by atoms with Crippen LogP contribution in [0.5, 0.6) is 0 Å². The molecule has 4 heteroatoms. The molecule has 1 aliphatic heterocycles. The summed E-state index contributed by atoms with van der Waals surface area (Å²) in [5, 5.41) is 9.24. The van der Waals surface area contributed by atoms with Crippen molar-refractivity contribution in [2.75, 3.05) is 6.54 Å². The van der Waals surface area contributed by atoms with Gasteiger partial charge in [0.15, 0.2) is 0 Å². The number of amides is 1. The van der Waals surface area contributed by atoms with Crippen LogP contribution < -0.4 is 0 Å². The van der Waals surface area contributed by atoms with E-state index in [1.165, 1.54) is 25.7 Å². The van der Waals surface area contributed by atoms with Gasteiger partial charge in [0.25, 0.3) is 0 Å². The van der Waals surface area contributed by atoms with Crippen LogP contribution in [0.1, 0.15) is 51.4 Å². The molecule has 1 amide bonds. The summed E-state index contributed by atoms with van der Waals surface area (Å²) in [4.78, 5) is 25.3. The van der Waals surface area contributed by atoms with Crippen molar-refractivity contribution in [1.29, 1.82) is 0 Å². The first-order valence-corrected chi connectivity index (χ1v) is 7.69. The van der Waals surface area contributed by atoms with Crippen LogP contribution in [-0.2, 0) is 9.59 Å². The first kappa shape index (κ1) is 12.9. The molecule has 1 saturated heterocycles. The van der Waals surface area contributed by atoms with Gasteiger partial charge in [-0.25, -0.2) is 4.79 Å². The van der Waals surface area contributed by atoms with Crippen molar-refractivity contribution in [2.45, 2.75) is 57.4 Å². The Morgan fingerprint density at radius 3 is 2.21 bits per heavy atom. The topological polar surface area (TPSA) is 57.6 Å². The number of likely N-dealkylation sites (tertiary alicyclic amines) is 1. The third kappa shape index (κ3) is 2.93. The van der Waals surface area contributed by atoms with Crippen LogP contribution >= 0.6 is 0 Å². The van der Waals surface area contributed by atoms with Crippen LogP contribution in [0.2, 0.25) is 0 Å². The fraction of sp³-hybridized carbons (Fsp3) is 0.867. The number of carbonyl (C=O) groups is 2. The summed E-state index contributed by atoms with van der Waals surface area (Å²) >= 11 is 0. The van der Waals surface area contributed by atoms with Gasteiger partial charge < -0.3 is 10.0 Å². The molecule has 2 aliphatic carbocycles. The molecule has 1 heterocycles. The predicted octanol–water partition coefficient (Wildman–Crippen LogP) is 2.28. The summed E-state index contributed by atoms with van der Waals surface area (Å²) in [6, 6.07) is -0.569. The van der Waals surface area contributed by atoms with Crippen LogP contribution in [0, 0.1) is 17.8 Å². The van der Waals surface area contributed by atoms with Gasteiger partial charge in [0, 0.05) is 13.0 Å². The van der Waals surface area contributed by atoms with Gasteiger partial charge >= 0.3 is 5.97 Å². The Bertz CT molecular complexity index is 362. The maximum atomic E-state index is 12.5. The van der Waals surface area contributed by atoms with Crippen LogP contribution in [0.3, 0.4) is 0 Å². The maximum absolute atomic E-state index is 12.5. The lowest BCUT2D eigenvalue weighted by Gasteiger charge is -2.34. The fourth-order valence-electron chi connectivity index (χ4n) is 3.57. The van der Waals surface area contributed by atoms with E-state index in [1.54, 1.807) is 4.90 Å². The number of carboxylic acids is 1. The number of piperidine rings is 1. The van der Waals surface area contributed by atoms with E-state index < -0.39 is 12.0 Å². The van der Waals surface area contributed by atoms with Crippen LogP contribution in [0.15, 0.2) is 0 Å². The van der Waals surface area contributed by atoms with Gasteiger partial charge in [-0.3, -0.25) is 4.79 Å². The molecule has 0 bridgehead atoms. The molecule has 1 N–H and O–H groups in total. The van der Waals surface area contributed by atoms with Gasteiger partial charge in [0.05, 0.1) is 0 Å². The summed E-state index contributed by atoms with van der Waals surface area (Å²) in [7, 11) is 0. The first-order valence-electron chi connectivity index (χ1n) is 7.69. The Morgan fingerprint density at radius 2 is 1.68 bits per heavy atom. The van der Waals surface area contributed by atoms with Crippen LogP contribution in [0.25, 0.3) is 0 Å². The molecule has 3 aliphatic rings. The Morgan fingerprint density at radius 1 is 1.05 bits per heavy atom. The smallest absolute Gasteiger partial charge is 0.326 e. The summed E-state index contributed by atoms with van der Waals surface area (Å²) < 4.78 is 0. The van der Waals surface area contributed by atoms with Crippen molar-refractivity contribution in [3.63, 3.8) is 0 Å². The van der Waals surface area contributed by atoms with E-state index in [0.717, 1.165) is 24.7 Å². The normalized spacial score (nSPS) is 27.6. The minimum absolute atomic E-state index is 0.0934. The molecule has 0 radical (unpaired) electrons. The van der Waals surface area contributed by atoms with E-state index in [-0.39, 0.29) is 5.91 Å². The average Bonchev–Trinajstić information content (AvgIpc) is 3.29. The molecule has 0 unspecified atom stereocenters. The first-order chi connectivity index (χ1) is 9.16. The van der Waals surface area contributed by atoms with E-state index in [1.807, 2.05) is 0 Å². The number of hydrogen-bond acceptors (Lipinski definition) is 2. The quantitative estimate of drug-likeness (QED) is 0.829. The van der Waals surface area contributed by atoms with Gasteiger partial charge in [-0.2, -0.15) is 0 Å². The van der Waals surface area contributed by atoms with Gasteiger partial charge in [0.2, 0.25) is 5.91 Å². The second kappa shape index (κ2) is 5.14. The summed E-state index contributed by atoms with van der Waals surface area (Å²) in [6.07, 6.45) is 8.20. The lowest BCUT2D eigenvalue weighted by molar-refractivity contribution is -0.152. The van der Waals surface area contributed by atoms with Crippen LogP contribution in [-0.4, -0.2) is 34.5 Å². The number of hydrogen-bond donors (Lipinski definition) is 1. The minimum Gasteiger partial charge on any atom is -0.480 e. The zero-order chi connectivity index (χ0) is 13.4. The number of carbonyl (C=O) groups excluding carboxylic acids is 1. The highest BCUT2D eigenvalue weighted by Crippen LogP contribution is 2.50. The highest BCUT2D eigenvalue weighted by Gasteiger charge is 2.43. The third-order valence-electron chi connectivity index (χ3n) is 4.97. The van der Waals surface area contributed by atoms with Crippen molar-refractivity contribution in [3.8, 4) is 0 Å². The number of rotatable bonds is 5. The van der Waals surface area contributed by atoms with E-state index >= 15 is 0 Å².